The van der Waals surface area contributed by atoms with Crippen molar-refractivity contribution >= 4 is 29.3 Å². The summed E-state index contributed by atoms with van der Waals surface area (Å²) in [5.74, 6) is 0.436. The van der Waals surface area contributed by atoms with Gasteiger partial charge in [0.25, 0.3) is 5.91 Å². The van der Waals surface area contributed by atoms with Crippen molar-refractivity contribution in [2.24, 2.45) is 5.92 Å². The minimum atomic E-state index is -1.04. The van der Waals surface area contributed by atoms with Crippen molar-refractivity contribution in [3.63, 3.8) is 0 Å². The Labute approximate surface area is 175 Å². The number of thioether (sulfide) groups is 1. The normalized spacial score (nSPS) is 20.8. The lowest BCUT2D eigenvalue weighted by molar-refractivity contribution is -0.140. The Morgan fingerprint density at radius 1 is 1.24 bits per heavy atom. The zero-order valence-corrected chi connectivity index (χ0v) is 17.8. The SMILES string of the molecule is Cc1ccc2c(c1)C1(SCCN1C(=O)CC(C)C)C(=O)N2Cc1ccccc1F. The van der Waals surface area contributed by atoms with E-state index in [1.165, 1.54) is 17.8 Å². The Kier molecular flexibility index (Phi) is 5.15. The highest BCUT2D eigenvalue weighted by Gasteiger charge is 2.59. The van der Waals surface area contributed by atoms with Crippen molar-refractivity contribution in [3.8, 4) is 0 Å². The van der Waals surface area contributed by atoms with Gasteiger partial charge in [-0.3, -0.25) is 9.59 Å². The van der Waals surface area contributed by atoms with Gasteiger partial charge < -0.3 is 9.80 Å². The van der Waals surface area contributed by atoms with Crippen molar-refractivity contribution in [2.45, 2.75) is 38.6 Å². The van der Waals surface area contributed by atoms with Crippen molar-refractivity contribution in [1.29, 1.82) is 0 Å². The number of hydrogen-bond donors (Lipinski definition) is 0. The van der Waals surface area contributed by atoms with E-state index in [0.29, 0.717) is 24.3 Å². The number of benzene rings is 2. The summed E-state index contributed by atoms with van der Waals surface area (Å²) in [6.07, 6.45) is 0.407. The number of rotatable bonds is 4. The van der Waals surface area contributed by atoms with Crippen LogP contribution >= 0.6 is 11.8 Å². The van der Waals surface area contributed by atoms with Crippen molar-refractivity contribution in [3.05, 3.63) is 65.0 Å². The molecule has 0 N–H and O–H groups in total. The number of carbonyl (C=O) groups excluding carboxylic acids is 2. The highest BCUT2D eigenvalue weighted by molar-refractivity contribution is 8.01. The van der Waals surface area contributed by atoms with Gasteiger partial charge in [0.05, 0.1) is 12.2 Å². The molecule has 4 rings (SSSR count). The number of nitrogens with zero attached hydrogens (tertiary/aromatic N) is 2. The number of halogens is 1. The second-order valence-corrected chi connectivity index (χ2v) is 9.43. The zero-order chi connectivity index (χ0) is 20.8. The van der Waals surface area contributed by atoms with Gasteiger partial charge >= 0.3 is 0 Å². The molecule has 29 heavy (non-hydrogen) atoms. The van der Waals surface area contributed by atoms with Crippen LogP contribution in [0.4, 0.5) is 10.1 Å². The number of aryl methyl sites for hydroxylation is 1. The Balaban J connectivity index is 1.80. The molecule has 0 saturated carbocycles. The smallest absolute Gasteiger partial charge is 0.268 e. The quantitative estimate of drug-likeness (QED) is 0.745. The molecule has 1 unspecified atom stereocenters. The van der Waals surface area contributed by atoms with Crippen LogP contribution in [0.25, 0.3) is 0 Å². The molecule has 2 aromatic rings. The van der Waals surface area contributed by atoms with Crippen LogP contribution in [0.2, 0.25) is 0 Å². The first-order valence-electron chi connectivity index (χ1n) is 9.95. The van der Waals surface area contributed by atoms with Gasteiger partial charge in [0.2, 0.25) is 5.91 Å². The van der Waals surface area contributed by atoms with E-state index in [1.54, 1.807) is 28.0 Å². The summed E-state index contributed by atoms with van der Waals surface area (Å²) in [7, 11) is 0. The molecule has 2 aliphatic heterocycles. The van der Waals surface area contributed by atoms with E-state index < -0.39 is 4.87 Å². The molecule has 2 heterocycles. The Bertz CT molecular complexity index is 977. The molecule has 0 radical (unpaired) electrons. The molecule has 4 nitrogen and oxygen atoms in total. The van der Waals surface area contributed by atoms with Crippen molar-refractivity contribution < 1.29 is 14.0 Å². The highest BCUT2D eigenvalue weighted by atomic mass is 32.2. The van der Waals surface area contributed by atoms with Crippen LogP contribution in [0.3, 0.4) is 0 Å². The lowest BCUT2D eigenvalue weighted by Gasteiger charge is -2.33. The van der Waals surface area contributed by atoms with Crippen molar-refractivity contribution in [2.75, 3.05) is 17.2 Å². The van der Waals surface area contributed by atoms with Crippen LogP contribution in [0.15, 0.2) is 42.5 Å². The summed E-state index contributed by atoms with van der Waals surface area (Å²) in [6, 6.07) is 12.4. The minimum Gasteiger partial charge on any atom is -0.315 e. The molecule has 0 aromatic heterocycles. The van der Waals surface area contributed by atoms with Gasteiger partial charge in [0.15, 0.2) is 4.87 Å². The van der Waals surface area contributed by atoms with Gasteiger partial charge in [-0.1, -0.05) is 49.7 Å². The van der Waals surface area contributed by atoms with Crippen LogP contribution < -0.4 is 4.90 Å². The van der Waals surface area contributed by atoms with Gasteiger partial charge in [0, 0.05) is 29.8 Å². The molecule has 2 amide bonds. The maximum Gasteiger partial charge on any atom is 0.268 e. The number of amides is 2. The minimum absolute atomic E-state index is 0.00134. The Morgan fingerprint density at radius 2 is 2.00 bits per heavy atom. The largest absolute Gasteiger partial charge is 0.315 e. The molecule has 2 aliphatic rings. The molecule has 2 aromatic carbocycles. The van der Waals surface area contributed by atoms with Gasteiger partial charge in [0.1, 0.15) is 5.82 Å². The fourth-order valence-electron chi connectivity index (χ4n) is 4.20. The molecule has 152 valence electrons. The highest BCUT2D eigenvalue weighted by Crippen LogP contribution is 2.54. The summed E-state index contributed by atoms with van der Waals surface area (Å²) in [5.41, 5.74) is 3.11. The molecule has 0 bridgehead atoms. The molecule has 1 saturated heterocycles. The van der Waals surface area contributed by atoms with Gasteiger partial charge in [-0.25, -0.2) is 4.39 Å². The van der Waals surface area contributed by atoms with E-state index in [-0.39, 0.29) is 30.1 Å². The van der Waals surface area contributed by atoms with E-state index >= 15 is 0 Å². The summed E-state index contributed by atoms with van der Waals surface area (Å²) in [5, 5.41) is 0. The number of carbonyl (C=O) groups is 2. The summed E-state index contributed by atoms with van der Waals surface area (Å²) in [6.45, 7) is 6.69. The van der Waals surface area contributed by atoms with Gasteiger partial charge in [-0.2, -0.15) is 0 Å². The number of hydrogen-bond acceptors (Lipinski definition) is 3. The molecular formula is C23H25FN2O2S. The monoisotopic (exact) mass is 412 g/mol. The van der Waals surface area contributed by atoms with Crippen LogP contribution in [0.5, 0.6) is 0 Å². The van der Waals surface area contributed by atoms with E-state index in [2.05, 4.69) is 0 Å². The van der Waals surface area contributed by atoms with E-state index in [1.807, 2.05) is 39.0 Å². The first-order chi connectivity index (χ1) is 13.8. The van der Waals surface area contributed by atoms with E-state index in [4.69, 9.17) is 0 Å². The molecule has 0 aliphatic carbocycles. The average molecular weight is 413 g/mol. The standard InChI is InChI=1S/C23H25FN2O2S/c1-15(2)12-21(27)26-10-11-29-23(26)18-13-16(3)8-9-20(18)25(22(23)28)14-17-6-4-5-7-19(17)24/h4-9,13,15H,10-12,14H2,1-3H3. The van der Waals surface area contributed by atoms with Crippen molar-refractivity contribution in [1.82, 2.24) is 4.90 Å². The lowest BCUT2D eigenvalue weighted by atomic mass is 10.0. The zero-order valence-electron chi connectivity index (χ0n) is 16.9. The van der Waals surface area contributed by atoms with E-state index in [9.17, 15) is 14.0 Å². The molecule has 6 heteroatoms. The predicted molar refractivity (Wildman–Crippen MR) is 114 cm³/mol. The van der Waals surface area contributed by atoms with E-state index in [0.717, 1.165) is 16.8 Å². The first-order valence-corrected chi connectivity index (χ1v) is 10.9. The van der Waals surface area contributed by atoms with Crippen LogP contribution in [-0.2, 0) is 21.0 Å². The van der Waals surface area contributed by atoms with Crippen LogP contribution in [0, 0.1) is 18.7 Å². The Morgan fingerprint density at radius 3 is 2.72 bits per heavy atom. The number of fused-ring (bicyclic) bond motifs is 2. The molecule has 1 fully saturated rings. The summed E-state index contributed by atoms with van der Waals surface area (Å²) < 4.78 is 14.3. The fourth-order valence-corrected chi connectivity index (χ4v) is 5.67. The second kappa shape index (κ2) is 7.48. The third-order valence-corrected chi connectivity index (χ3v) is 6.94. The van der Waals surface area contributed by atoms with Gasteiger partial charge in [-0.15, -0.1) is 11.8 Å². The molecular weight excluding hydrogens is 387 g/mol. The van der Waals surface area contributed by atoms with Gasteiger partial charge in [-0.05, 0) is 25.0 Å². The predicted octanol–water partition coefficient (Wildman–Crippen LogP) is 4.46. The first kappa shape index (κ1) is 20.0. The topological polar surface area (TPSA) is 40.6 Å². The molecule has 1 atom stereocenters. The fraction of sp³-hybridized carbons (Fsp3) is 0.391. The number of anilines is 1. The molecule has 1 spiro atoms. The maximum atomic E-state index is 14.3. The lowest BCUT2D eigenvalue weighted by Crippen LogP contribution is -2.50. The third kappa shape index (κ3) is 3.23. The summed E-state index contributed by atoms with van der Waals surface area (Å²) in [4.78, 5) is 29.2. The average Bonchev–Trinajstić information content (AvgIpc) is 3.20. The van der Waals surface area contributed by atoms with Crippen LogP contribution in [-0.4, -0.2) is 29.0 Å². The maximum absolute atomic E-state index is 14.3. The second-order valence-electron chi connectivity index (χ2n) is 8.14. The third-order valence-electron chi connectivity index (χ3n) is 5.52. The summed E-state index contributed by atoms with van der Waals surface area (Å²) >= 11 is 1.51. The van der Waals surface area contributed by atoms with Crippen LogP contribution in [0.1, 0.15) is 37.0 Å². The Hall–Kier alpha value is -2.34.